The number of fused-ring (bicyclic) bond motifs is 1. The Labute approximate surface area is 172 Å². The zero-order chi connectivity index (χ0) is 22.3. The summed E-state index contributed by atoms with van der Waals surface area (Å²) < 4.78 is 43.7. The zero-order valence-electron chi connectivity index (χ0n) is 16.1. The minimum atomic E-state index is -1.58. The van der Waals surface area contributed by atoms with E-state index in [0.717, 1.165) is 29.0 Å². The van der Waals surface area contributed by atoms with Gasteiger partial charge >= 0.3 is 5.97 Å². The van der Waals surface area contributed by atoms with E-state index in [2.05, 4.69) is 10.1 Å². The molecule has 0 bridgehead atoms. The van der Waals surface area contributed by atoms with Crippen LogP contribution in [0.3, 0.4) is 0 Å². The van der Waals surface area contributed by atoms with Crippen molar-refractivity contribution >= 4 is 28.5 Å². The third kappa shape index (κ3) is 3.58. The molecule has 0 unspecified atom stereocenters. The Hall–Kier alpha value is -3.89. The first-order chi connectivity index (χ1) is 14.8. The standard InChI is InChI=1S/C20H15F3N4O4/c1-31-25-11-4-5-26(8-11)19-15(23)7-12-17(28)13(20(29)30)9-27(18(12)24-19)16-3-2-10(21)6-14(16)22/h2-3,6-7,9H,4-5,8H2,1H3,(H,29,30)/b25-11+. The van der Waals surface area contributed by atoms with Gasteiger partial charge in [0.1, 0.15) is 24.3 Å². The fraction of sp³-hybridized carbons (Fsp3) is 0.200. The molecule has 0 spiro atoms. The van der Waals surface area contributed by atoms with Crippen molar-refractivity contribution in [3.63, 3.8) is 0 Å². The molecule has 1 N–H and O–H groups in total. The first-order valence-electron chi connectivity index (χ1n) is 9.08. The minimum Gasteiger partial charge on any atom is -0.477 e. The summed E-state index contributed by atoms with van der Waals surface area (Å²) in [6, 6.07) is 3.53. The summed E-state index contributed by atoms with van der Waals surface area (Å²) >= 11 is 0. The number of carboxylic acids is 1. The molecule has 1 aliphatic heterocycles. The van der Waals surface area contributed by atoms with Crippen LogP contribution in [0, 0.1) is 17.5 Å². The molecule has 0 saturated carbocycles. The lowest BCUT2D eigenvalue weighted by atomic mass is 10.1. The van der Waals surface area contributed by atoms with Gasteiger partial charge in [-0.15, -0.1) is 0 Å². The number of oxime groups is 1. The van der Waals surface area contributed by atoms with Gasteiger partial charge in [-0.1, -0.05) is 5.16 Å². The quantitative estimate of drug-likeness (QED) is 0.637. The van der Waals surface area contributed by atoms with Crippen LogP contribution in [0.15, 0.2) is 40.4 Å². The van der Waals surface area contributed by atoms with Crippen LogP contribution >= 0.6 is 0 Å². The van der Waals surface area contributed by atoms with Crippen molar-refractivity contribution < 1.29 is 27.9 Å². The van der Waals surface area contributed by atoms with Gasteiger partial charge in [0.05, 0.1) is 23.3 Å². The van der Waals surface area contributed by atoms with Crippen LogP contribution in [0.1, 0.15) is 16.8 Å². The van der Waals surface area contributed by atoms with E-state index in [4.69, 9.17) is 4.84 Å². The highest BCUT2D eigenvalue weighted by Gasteiger charge is 2.26. The SMILES string of the molecule is CO/N=C1\CCN(c2nc3c(cc2F)c(=O)c(C(=O)O)cn3-c2ccc(F)cc2F)C1. The monoisotopic (exact) mass is 432 g/mol. The number of hydrogen-bond acceptors (Lipinski definition) is 6. The zero-order valence-corrected chi connectivity index (χ0v) is 16.1. The molecule has 1 aromatic carbocycles. The Morgan fingerprint density at radius 2 is 2.00 bits per heavy atom. The normalized spacial score (nSPS) is 15.1. The molecule has 2 aromatic heterocycles. The van der Waals surface area contributed by atoms with Gasteiger partial charge in [0.2, 0.25) is 5.43 Å². The summed E-state index contributed by atoms with van der Waals surface area (Å²) in [5.74, 6) is -4.39. The summed E-state index contributed by atoms with van der Waals surface area (Å²) in [7, 11) is 1.39. The molecule has 0 aliphatic carbocycles. The topological polar surface area (TPSA) is 97.0 Å². The molecular formula is C20H15F3N4O4. The summed E-state index contributed by atoms with van der Waals surface area (Å²) in [4.78, 5) is 34.7. The fourth-order valence-electron chi connectivity index (χ4n) is 3.48. The van der Waals surface area contributed by atoms with Crippen molar-refractivity contribution in [2.24, 2.45) is 5.16 Å². The number of aromatic nitrogens is 2. The van der Waals surface area contributed by atoms with Gasteiger partial charge < -0.3 is 14.8 Å². The highest BCUT2D eigenvalue weighted by atomic mass is 19.1. The third-order valence-corrected chi connectivity index (χ3v) is 4.88. The fourth-order valence-corrected chi connectivity index (χ4v) is 3.48. The lowest BCUT2D eigenvalue weighted by Crippen LogP contribution is -2.24. The van der Waals surface area contributed by atoms with Crippen LogP contribution in [-0.2, 0) is 4.84 Å². The van der Waals surface area contributed by atoms with E-state index in [9.17, 15) is 27.9 Å². The van der Waals surface area contributed by atoms with Gasteiger partial charge in [-0.25, -0.2) is 22.9 Å². The van der Waals surface area contributed by atoms with Gasteiger partial charge in [0, 0.05) is 25.2 Å². The molecule has 0 radical (unpaired) electrons. The summed E-state index contributed by atoms with van der Waals surface area (Å²) in [6.07, 6.45) is 1.39. The average Bonchev–Trinajstić information content (AvgIpc) is 3.17. The predicted octanol–water partition coefficient (Wildman–Crippen LogP) is 2.71. The highest BCUT2D eigenvalue weighted by molar-refractivity contribution is 5.94. The smallest absolute Gasteiger partial charge is 0.341 e. The van der Waals surface area contributed by atoms with Gasteiger partial charge in [-0.2, -0.15) is 0 Å². The molecule has 4 rings (SSSR count). The van der Waals surface area contributed by atoms with Crippen LogP contribution in [-0.4, -0.2) is 46.5 Å². The number of pyridine rings is 2. The number of hydrogen-bond donors (Lipinski definition) is 1. The maximum absolute atomic E-state index is 14.9. The minimum absolute atomic E-state index is 0.118. The van der Waals surface area contributed by atoms with Crippen LogP contribution in [0.25, 0.3) is 16.7 Å². The first-order valence-corrected chi connectivity index (χ1v) is 9.08. The van der Waals surface area contributed by atoms with Gasteiger partial charge in [0.15, 0.2) is 17.3 Å². The Bertz CT molecular complexity index is 1310. The van der Waals surface area contributed by atoms with Gasteiger partial charge in [-0.3, -0.25) is 9.36 Å². The lowest BCUT2D eigenvalue weighted by Gasteiger charge is -2.19. The molecule has 1 aliphatic rings. The van der Waals surface area contributed by atoms with Gasteiger partial charge in [-0.05, 0) is 18.2 Å². The third-order valence-electron chi connectivity index (χ3n) is 4.88. The van der Waals surface area contributed by atoms with E-state index in [-0.39, 0.29) is 29.1 Å². The largest absolute Gasteiger partial charge is 0.477 e. The van der Waals surface area contributed by atoms with E-state index in [0.29, 0.717) is 24.7 Å². The molecule has 1 fully saturated rings. The highest BCUT2D eigenvalue weighted by Crippen LogP contribution is 2.26. The molecule has 11 heteroatoms. The predicted molar refractivity (Wildman–Crippen MR) is 105 cm³/mol. The molecule has 1 saturated heterocycles. The number of benzene rings is 1. The molecule has 0 atom stereocenters. The van der Waals surface area contributed by atoms with E-state index < -0.39 is 34.4 Å². The van der Waals surface area contributed by atoms with Crippen LogP contribution < -0.4 is 10.3 Å². The van der Waals surface area contributed by atoms with E-state index in [1.54, 1.807) is 4.90 Å². The number of halogens is 3. The Morgan fingerprint density at radius 1 is 1.23 bits per heavy atom. The first kappa shape index (κ1) is 20.4. The average molecular weight is 432 g/mol. The van der Waals surface area contributed by atoms with Crippen molar-refractivity contribution in [1.29, 1.82) is 0 Å². The van der Waals surface area contributed by atoms with Crippen LogP contribution in [0.4, 0.5) is 19.0 Å². The molecular weight excluding hydrogens is 417 g/mol. The van der Waals surface area contributed by atoms with E-state index in [1.807, 2.05) is 0 Å². The summed E-state index contributed by atoms with van der Waals surface area (Å²) in [5.41, 5.74) is -1.44. The second kappa shape index (κ2) is 7.74. The number of anilines is 1. The summed E-state index contributed by atoms with van der Waals surface area (Å²) in [5, 5.41) is 12.9. The Kier molecular flexibility index (Phi) is 5.09. The van der Waals surface area contributed by atoms with Crippen LogP contribution in [0.2, 0.25) is 0 Å². The second-order valence-corrected chi connectivity index (χ2v) is 6.82. The maximum Gasteiger partial charge on any atom is 0.341 e. The number of aromatic carboxylic acids is 1. The van der Waals surface area contributed by atoms with Crippen molar-refractivity contribution in [2.75, 3.05) is 25.1 Å². The van der Waals surface area contributed by atoms with E-state index >= 15 is 0 Å². The second-order valence-electron chi connectivity index (χ2n) is 6.82. The lowest BCUT2D eigenvalue weighted by molar-refractivity contribution is 0.0695. The van der Waals surface area contributed by atoms with Crippen LogP contribution in [0.5, 0.6) is 0 Å². The van der Waals surface area contributed by atoms with Crippen molar-refractivity contribution in [1.82, 2.24) is 9.55 Å². The molecule has 0 amide bonds. The van der Waals surface area contributed by atoms with Gasteiger partial charge in [0.25, 0.3) is 0 Å². The Balaban J connectivity index is 1.99. The summed E-state index contributed by atoms with van der Waals surface area (Å²) in [6.45, 7) is 0.603. The molecule has 3 heterocycles. The van der Waals surface area contributed by atoms with Crippen molar-refractivity contribution in [2.45, 2.75) is 6.42 Å². The number of nitrogens with zero attached hydrogens (tertiary/aromatic N) is 4. The number of carbonyl (C=O) groups is 1. The molecule has 8 nitrogen and oxygen atoms in total. The molecule has 31 heavy (non-hydrogen) atoms. The van der Waals surface area contributed by atoms with E-state index in [1.165, 1.54) is 7.11 Å². The van der Waals surface area contributed by atoms with Crippen molar-refractivity contribution in [3.8, 4) is 5.69 Å². The Morgan fingerprint density at radius 3 is 2.68 bits per heavy atom. The number of rotatable bonds is 4. The molecule has 3 aromatic rings. The van der Waals surface area contributed by atoms with Crippen molar-refractivity contribution in [3.05, 3.63) is 63.7 Å². The molecule has 160 valence electrons. The maximum atomic E-state index is 14.9. The number of carboxylic acid groups (broad SMARTS) is 1.